The molecule has 0 radical (unpaired) electrons. The quantitative estimate of drug-likeness (QED) is 0.713. The number of hydrogen-bond acceptors (Lipinski definition) is 4. The molecule has 88 valence electrons. The zero-order valence-electron chi connectivity index (χ0n) is 9.05. The topological polar surface area (TPSA) is 81.4 Å². The molecule has 0 fully saturated rings. The second-order valence-corrected chi connectivity index (χ2v) is 3.24. The number of aliphatic carboxylic acids is 1. The smallest absolute Gasteiger partial charge is 0.327 e. The molecule has 0 atom stereocenters. The van der Waals surface area contributed by atoms with Crippen molar-refractivity contribution in [3.05, 3.63) is 18.0 Å². The molecule has 0 aliphatic carbocycles. The number of hydrogen-bond donors (Lipinski definition) is 1. The molecule has 0 saturated heterocycles. The Morgan fingerprint density at radius 3 is 2.94 bits per heavy atom. The fourth-order valence-corrected chi connectivity index (χ4v) is 1.21. The van der Waals surface area contributed by atoms with Crippen LogP contribution in [0.4, 0.5) is 0 Å². The maximum absolute atomic E-state index is 11.1. The molecule has 0 spiro atoms. The van der Waals surface area contributed by atoms with Crippen molar-refractivity contribution >= 4 is 11.9 Å². The minimum atomic E-state index is -0.849. The summed E-state index contributed by atoms with van der Waals surface area (Å²) in [6.45, 7) is 2.13. The third-order valence-electron chi connectivity index (χ3n) is 1.91. The van der Waals surface area contributed by atoms with E-state index in [1.54, 1.807) is 19.3 Å². The van der Waals surface area contributed by atoms with Crippen molar-refractivity contribution < 1.29 is 19.4 Å². The van der Waals surface area contributed by atoms with Crippen LogP contribution < -0.4 is 0 Å². The fraction of sp³-hybridized carbons (Fsp3) is 0.500. The number of carboxylic acids is 1. The van der Waals surface area contributed by atoms with Gasteiger partial charge in [0.15, 0.2) is 0 Å². The van der Waals surface area contributed by atoms with E-state index in [9.17, 15) is 9.59 Å². The summed E-state index contributed by atoms with van der Waals surface area (Å²) in [7, 11) is 0. The van der Waals surface area contributed by atoms with E-state index in [2.05, 4.69) is 5.10 Å². The lowest BCUT2D eigenvalue weighted by molar-refractivity contribution is -0.144. The zero-order chi connectivity index (χ0) is 12.0. The molecule has 0 bridgehead atoms. The maximum Gasteiger partial charge on any atom is 0.327 e. The first kappa shape index (κ1) is 12.2. The maximum atomic E-state index is 11.1. The van der Waals surface area contributed by atoms with Gasteiger partial charge in [-0.2, -0.15) is 5.10 Å². The normalized spacial score (nSPS) is 10.1. The van der Waals surface area contributed by atoms with Crippen LogP contribution in [-0.4, -0.2) is 33.4 Å². The van der Waals surface area contributed by atoms with Crippen LogP contribution in [-0.2, 0) is 27.3 Å². The van der Waals surface area contributed by atoms with Crippen LogP contribution in [0.15, 0.2) is 12.4 Å². The Labute approximate surface area is 92.8 Å². The van der Waals surface area contributed by atoms with Gasteiger partial charge >= 0.3 is 11.9 Å². The molecule has 16 heavy (non-hydrogen) atoms. The molecule has 1 aromatic heterocycles. The second kappa shape index (κ2) is 5.89. The molecule has 6 nitrogen and oxygen atoms in total. The molecule has 0 unspecified atom stereocenters. The second-order valence-electron chi connectivity index (χ2n) is 3.24. The van der Waals surface area contributed by atoms with Crippen LogP contribution in [0.2, 0.25) is 0 Å². The van der Waals surface area contributed by atoms with Crippen molar-refractivity contribution in [2.75, 3.05) is 6.61 Å². The van der Waals surface area contributed by atoms with E-state index in [0.29, 0.717) is 13.0 Å². The molecule has 1 heterocycles. The Balaban J connectivity index is 2.45. The molecule has 1 aromatic rings. The Morgan fingerprint density at radius 1 is 1.56 bits per heavy atom. The van der Waals surface area contributed by atoms with Crippen molar-refractivity contribution in [3.8, 4) is 0 Å². The van der Waals surface area contributed by atoms with Crippen LogP contribution in [0, 0.1) is 0 Å². The van der Waals surface area contributed by atoms with Crippen molar-refractivity contribution in [1.29, 1.82) is 0 Å². The minimum absolute atomic E-state index is 0.0565. The van der Waals surface area contributed by atoms with Gasteiger partial charge in [0.2, 0.25) is 0 Å². The van der Waals surface area contributed by atoms with E-state index in [-0.39, 0.29) is 18.9 Å². The van der Waals surface area contributed by atoms with E-state index in [4.69, 9.17) is 9.84 Å². The SMILES string of the molecule is CCOC(=O)Cn1cc(CCC(=O)O)cn1. The summed E-state index contributed by atoms with van der Waals surface area (Å²) in [5, 5.41) is 12.4. The van der Waals surface area contributed by atoms with Crippen molar-refractivity contribution in [3.63, 3.8) is 0 Å². The van der Waals surface area contributed by atoms with E-state index in [1.807, 2.05) is 0 Å². The predicted molar refractivity (Wildman–Crippen MR) is 54.8 cm³/mol. The number of esters is 1. The lowest BCUT2D eigenvalue weighted by atomic mass is 10.2. The van der Waals surface area contributed by atoms with Gasteiger partial charge in [-0.1, -0.05) is 0 Å². The molecular weight excluding hydrogens is 212 g/mol. The minimum Gasteiger partial charge on any atom is -0.481 e. The number of ether oxygens (including phenoxy) is 1. The number of nitrogens with zero attached hydrogens (tertiary/aromatic N) is 2. The van der Waals surface area contributed by atoms with Crippen LogP contribution in [0.25, 0.3) is 0 Å². The predicted octanol–water partition coefficient (Wildman–Crippen LogP) is 0.463. The van der Waals surface area contributed by atoms with Gasteiger partial charge in [-0.05, 0) is 18.9 Å². The Hall–Kier alpha value is -1.85. The van der Waals surface area contributed by atoms with Gasteiger partial charge in [-0.25, -0.2) is 0 Å². The van der Waals surface area contributed by atoms with Gasteiger partial charge in [0.25, 0.3) is 0 Å². The average molecular weight is 226 g/mol. The highest BCUT2D eigenvalue weighted by atomic mass is 16.5. The number of carbonyl (C=O) groups excluding carboxylic acids is 1. The first-order valence-electron chi connectivity index (χ1n) is 5.00. The highest BCUT2D eigenvalue weighted by Gasteiger charge is 2.06. The Kier molecular flexibility index (Phi) is 4.50. The molecular formula is C10H14N2O4. The van der Waals surface area contributed by atoms with Crippen molar-refractivity contribution in [2.45, 2.75) is 26.3 Å². The zero-order valence-corrected chi connectivity index (χ0v) is 9.05. The van der Waals surface area contributed by atoms with Gasteiger partial charge in [0.1, 0.15) is 6.54 Å². The first-order valence-corrected chi connectivity index (χ1v) is 5.00. The standard InChI is InChI=1S/C10H14N2O4/c1-2-16-10(15)7-12-6-8(5-11-12)3-4-9(13)14/h5-6H,2-4,7H2,1H3,(H,13,14). The van der Waals surface area contributed by atoms with Crippen molar-refractivity contribution in [2.24, 2.45) is 0 Å². The number of rotatable bonds is 6. The number of aromatic nitrogens is 2. The average Bonchev–Trinajstić information content (AvgIpc) is 2.63. The van der Waals surface area contributed by atoms with Crippen LogP contribution >= 0.6 is 0 Å². The molecule has 1 N–H and O–H groups in total. The summed E-state index contributed by atoms with van der Waals surface area (Å²) < 4.78 is 6.20. The van der Waals surface area contributed by atoms with Crippen LogP contribution in [0.1, 0.15) is 18.9 Å². The summed E-state index contributed by atoms with van der Waals surface area (Å²) >= 11 is 0. The number of aryl methyl sites for hydroxylation is 1. The van der Waals surface area contributed by atoms with Gasteiger partial charge in [-0.3, -0.25) is 14.3 Å². The highest BCUT2D eigenvalue weighted by Crippen LogP contribution is 2.02. The van der Waals surface area contributed by atoms with E-state index >= 15 is 0 Å². The summed E-state index contributed by atoms with van der Waals surface area (Å²) in [6.07, 6.45) is 3.69. The molecule has 0 aromatic carbocycles. The van der Waals surface area contributed by atoms with Gasteiger partial charge in [0, 0.05) is 12.6 Å². The molecule has 0 aliphatic rings. The first-order chi connectivity index (χ1) is 7.61. The Morgan fingerprint density at radius 2 is 2.31 bits per heavy atom. The molecule has 0 aliphatic heterocycles. The van der Waals surface area contributed by atoms with Crippen LogP contribution in [0.3, 0.4) is 0 Å². The number of carbonyl (C=O) groups is 2. The van der Waals surface area contributed by atoms with E-state index < -0.39 is 5.97 Å². The van der Waals surface area contributed by atoms with E-state index in [1.165, 1.54) is 4.68 Å². The largest absolute Gasteiger partial charge is 0.481 e. The molecule has 6 heteroatoms. The summed E-state index contributed by atoms with van der Waals surface area (Å²) in [6, 6.07) is 0. The summed E-state index contributed by atoms with van der Waals surface area (Å²) in [5.74, 6) is -1.20. The van der Waals surface area contributed by atoms with Gasteiger partial charge in [-0.15, -0.1) is 0 Å². The summed E-state index contributed by atoms with van der Waals surface area (Å²) in [5.41, 5.74) is 0.798. The third kappa shape index (κ3) is 4.12. The number of carboxylic acid groups (broad SMARTS) is 1. The lowest BCUT2D eigenvalue weighted by Gasteiger charge is -2.00. The van der Waals surface area contributed by atoms with Crippen LogP contribution in [0.5, 0.6) is 0 Å². The van der Waals surface area contributed by atoms with E-state index in [0.717, 1.165) is 5.56 Å². The Bertz CT molecular complexity index is 373. The summed E-state index contributed by atoms with van der Waals surface area (Å²) in [4.78, 5) is 21.5. The highest BCUT2D eigenvalue weighted by molar-refractivity contribution is 5.69. The molecule has 1 rings (SSSR count). The van der Waals surface area contributed by atoms with Crippen molar-refractivity contribution in [1.82, 2.24) is 9.78 Å². The molecule has 0 amide bonds. The van der Waals surface area contributed by atoms with Gasteiger partial charge in [0.05, 0.1) is 12.8 Å². The molecule has 0 saturated carbocycles. The monoisotopic (exact) mass is 226 g/mol. The third-order valence-corrected chi connectivity index (χ3v) is 1.91. The lowest BCUT2D eigenvalue weighted by Crippen LogP contribution is -2.13. The van der Waals surface area contributed by atoms with Gasteiger partial charge < -0.3 is 9.84 Å². The fourth-order valence-electron chi connectivity index (χ4n) is 1.21.